The van der Waals surface area contributed by atoms with Crippen molar-refractivity contribution in [3.05, 3.63) is 72.5 Å². The normalized spacial score (nSPS) is 16.3. The summed E-state index contributed by atoms with van der Waals surface area (Å²) in [7, 11) is 0. The third kappa shape index (κ3) is 4.09. The fraction of sp³-hybridized carbons (Fsp3) is 0. The van der Waals surface area contributed by atoms with E-state index >= 15 is 0 Å². The van der Waals surface area contributed by atoms with E-state index in [-0.39, 0.29) is 10.2 Å². The van der Waals surface area contributed by atoms with E-state index in [1.165, 1.54) is 6.21 Å². The van der Waals surface area contributed by atoms with E-state index < -0.39 is 0 Å². The second-order valence-corrected chi connectivity index (χ2v) is 8.31. The second kappa shape index (κ2) is 8.30. The molecule has 0 aromatic heterocycles. The Morgan fingerprint density at radius 3 is 1.96 bits per heavy atom. The van der Waals surface area contributed by atoms with E-state index in [9.17, 15) is 4.79 Å². The first-order chi connectivity index (χ1) is 12.4. The third-order valence-corrected chi connectivity index (χ3v) is 5.95. The van der Waals surface area contributed by atoms with Crippen LogP contribution < -0.4 is 0 Å². The van der Waals surface area contributed by atoms with Gasteiger partial charge in [-0.2, -0.15) is 10.1 Å². The van der Waals surface area contributed by atoms with Gasteiger partial charge in [0.1, 0.15) is 0 Å². The Morgan fingerprint density at radius 1 is 0.923 bits per heavy atom. The number of hydrazone groups is 1. The molecular formula is C17H8Cl4N2OS2. The summed E-state index contributed by atoms with van der Waals surface area (Å²) in [6, 6.07) is 10.2. The topological polar surface area (TPSA) is 32.7 Å². The minimum atomic E-state index is -0.379. The standard InChI is InChI=1S/C17H8Cl4N2OS2/c18-11-3-1-4-12(19)9(11)7-15-16(24)23(17(25)26-15)22-8-10-13(20)5-2-6-14(10)21/h1-8H. The van der Waals surface area contributed by atoms with Crippen molar-refractivity contribution in [3.63, 3.8) is 0 Å². The van der Waals surface area contributed by atoms with Crippen LogP contribution in [0.4, 0.5) is 0 Å². The summed E-state index contributed by atoms with van der Waals surface area (Å²) in [5.41, 5.74) is 1.05. The number of hydrogen-bond acceptors (Lipinski definition) is 4. The van der Waals surface area contributed by atoms with E-state index in [4.69, 9.17) is 58.6 Å². The van der Waals surface area contributed by atoms with Crippen molar-refractivity contribution >= 4 is 92.9 Å². The summed E-state index contributed by atoms with van der Waals surface area (Å²) in [5.74, 6) is -0.379. The molecule has 3 nitrogen and oxygen atoms in total. The van der Waals surface area contributed by atoms with Crippen LogP contribution in [0.3, 0.4) is 0 Å². The molecule has 1 fully saturated rings. The molecule has 2 aromatic carbocycles. The smallest absolute Gasteiger partial charge is 0.266 e. The third-order valence-electron chi connectivity index (χ3n) is 3.35. The highest BCUT2D eigenvalue weighted by Gasteiger charge is 2.32. The maximum atomic E-state index is 12.6. The molecule has 0 radical (unpaired) electrons. The van der Waals surface area contributed by atoms with Crippen LogP contribution in [-0.4, -0.2) is 21.5 Å². The van der Waals surface area contributed by atoms with E-state index in [1.54, 1.807) is 42.5 Å². The van der Waals surface area contributed by atoms with Crippen LogP contribution in [0.15, 0.2) is 46.4 Å². The number of hydrogen-bond donors (Lipinski definition) is 0. The number of thiocarbonyl (C=S) groups is 1. The molecule has 2 aromatic rings. The molecule has 1 aliphatic heterocycles. The highest BCUT2D eigenvalue weighted by Crippen LogP contribution is 2.36. The Labute approximate surface area is 179 Å². The molecule has 0 unspecified atom stereocenters. The number of amides is 1. The number of nitrogens with zero attached hydrogens (tertiary/aromatic N) is 2. The van der Waals surface area contributed by atoms with Gasteiger partial charge in [0, 0.05) is 21.2 Å². The van der Waals surface area contributed by atoms with Crippen LogP contribution in [0.2, 0.25) is 20.1 Å². The lowest BCUT2D eigenvalue weighted by Gasteiger charge is -2.07. The fourth-order valence-corrected chi connectivity index (χ4v) is 4.24. The molecule has 0 aliphatic carbocycles. The van der Waals surface area contributed by atoms with E-state index in [0.29, 0.717) is 36.1 Å². The number of halogens is 4. The first kappa shape index (κ1) is 19.7. The molecule has 3 rings (SSSR count). The summed E-state index contributed by atoms with van der Waals surface area (Å²) in [6.45, 7) is 0. The van der Waals surface area contributed by atoms with Crippen molar-refractivity contribution in [2.45, 2.75) is 0 Å². The van der Waals surface area contributed by atoms with Crippen molar-refractivity contribution in [2.75, 3.05) is 0 Å². The van der Waals surface area contributed by atoms with Crippen LogP contribution in [0.25, 0.3) is 6.08 Å². The summed E-state index contributed by atoms with van der Waals surface area (Å²) < 4.78 is 0.281. The molecule has 9 heteroatoms. The largest absolute Gasteiger partial charge is 0.286 e. The molecule has 0 spiro atoms. The van der Waals surface area contributed by atoms with Crippen molar-refractivity contribution in [3.8, 4) is 0 Å². The van der Waals surface area contributed by atoms with Gasteiger partial charge < -0.3 is 0 Å². The number of carbonyl (C=O) groups excluding carboxylic acids is 1. The van der Waals surface area contributed by atoms with Crippen LogP contribution >= 0.6 is 70.4 Å². The predicted octanol–water partition coefficient (Wildman–Crippen LogP) is 6.54. The summed E-state index contributed by atoms with van der Waals surface area (Å²) >= 11 is 30.8. The average Bonchev–Trinajstić information content (AvgIpc) is 2.85. The van der Waals surface area contributed by atoms with Crippen molar-refractivity contribution in [2.24, 2.45) is 5.10 Å². The quantitative estimate of drug-likeness (QED) is 0.295. The van der Waals surface area contributed by atoms with Gasteiger partial charge in [-0.15, -0.1) is 0 Å². The zero-order chi connectivity index (χ0) is 18.8. The van der Waals surface area contributed by atoms with E-state index in [2.05, 4.69) is 5.10 Å². The minimum Gasteiger partial charge on any atom is -0.266 e. The molecule has 0 bridgehead atoms. The van der Waals surface area contributed by atoms with Crippen LogP contribution in [-0.2, 0) is 4.79 Å². The van der Waals surface area contributed by atoms with Crippen molar-refractivity contribution in [1.82, 2.24) is 5.01 Å². The van der Waals surface area contributed by atoms with Crippen LogP contribution in [0, 0.1) is 0 Å². The number of benzene rings is 2. The van der Waals surface area contributed by atoms with Crippen LogP contribution in [0.1, 0.15) is 11.1 Å². The van der Waals surface area contributed by atoms with Crippen molar-refractivity contribution in [1.29, 1.82) is 0 Å². The number of thioether (sulfide) groups is 1. The SMILES string of the molecule is O=C1C(=Cc2c(Cl)cccc2Cl)SC(=S)N1N=Cc1c(Cl)cccc1Cl. The molecule has 1 saturated heterocycles. The first-order valence-electron chi connectivity index (χ1n) is 7.08. The number of carbonyl (C=O) groups is 1. The van der Waals surface area contributed by atoms with Gasteiger partial charge in [-0.05, 0) is 42.6 Å². The van der Waals surface area contributed by atoms with Gasteiger partial charge >= 0.3 is 0 Å². The molecule has 0 saturated carbocycles. The van der Waals surface area contributed by atoms with Gasteiger partial charge in [-0.1, -0.05) is 70.3 Å². The molecule has 1 aliphatic rings. The monoisotopic (exact) mass is 460 g/mol. The summed E-state index contributed by atoms with van der Waals surface area (Å²) in [5, 5.41) is 6.96. The Hall–Kier alpha value is -1.08. The second-order valence-electron chi connectivity index (χ2n) is 5.01. The van der Waals surface area contributed by atoms with Gasteiger partial charge in [-0.3, -0.25) is 4.79 Å². The van der Waals surface area contributed by atoms with Gasteiger partial charge in [0.15, 0.2) is 4.32 Å². The van der Waals surface area contributed by atoms with Gasteiger partial charge in [0.25, 0.3) is 5.91 Å². The predicted molar refractivity (Wildman–Crippen MR) is 116 cm³/mol. The fourth-order valence-electron chi connectivity index (χ4n) is 2.09. The number of rotatable bonds is 3. The Bertz CT molecular complexity index is 935. The zero-order valence-electron chi connectivity index (χ0n) is 12.7. The lowest BCUT2D eigenvalue weighted by atomic mass is 10.2. The zero-order valence-corrected chi connectivity index (χ0v) is 17.4. The Morgan fingerprint density at radius 2 is 1.42 bits per heavy atom. The van der Waals surface area contributed by atoms with E-state index in [1.807, 2.05) is 0 Å². The summed E-state index contributed by atoms with van der Waals surface area (Å²) in [4.78, 5) is 13.0. The van der Waals surface area contributed by atoms with Gasteiger partial charge in [0.05, 0.1) is 21.2 Å². The van der Waals surface area contributed by atoms with Gasteiger partial charge in [-0.25, -0.2) is 0 Å². The summed E-state index contributed by atoms with van der Waals surface area (Å²) in [6.07, 6.45) is 3.00. The van der Waals surface area contributed by atoms with Gasteiger partial charge in [0.2, 0.25) is 0 Å². The molecule has 0 atom stereocenters. The van der Waals surface area contributed by atoms with Crippen LogP contribution in [0.5, 0.6) is 0 Å². The molecule has 1 heterocycles. The molecule has 0 N–H and O–H groups in total. The average molecular weight is 462 g/mol. The highest BCUT2D eigenvalue weighted by molar-refractivity contribution is 8.26. The first-order valence-corrected chi connectivity index (χ1v) is 9.82. The molecule has 132 valence electrons. The highest BCUT2D eigenvalue weighted by atomic mass is 35.5. The lowest BCUT2D eigenvalue weighted by molar-refractivity contribution is -0.122. The molecule has 1 amide bonds. The molecular weight excluding hydrogens is 454 g/mol. The molecule has 26 heavy (non-hydrogen) atoms. The van der Waals surface area contributed by atoms with Crippen molar-refractivity contribution < 1.29 is 4.79 Å². The Kier molecular flexibility index (Phi) is 6.28. The lowest BCUT2D eigenvalue weighted by Crippen LogP contribution is -2.22. The minimum absolute atomic E-state index is 0.281. The maximum absolute atomic E-state index is 12.6. The Balaban J connectivity index is 1.90. The maximum Gasteiger partial charge on any atom is 0.286 e. The van der Waals surface area contributed by atoms with E-state index in [0.717, 1.165) is 16.8 Å².